The van der Waals surface area contributed by atoms with Gasteiger partial charge in [-0.25, -0.2) is 4.39 Å². The van der Waals surface area contributed by atoms with Gasteiger partial charge >= 0.3 is 12.1 Å². The van der Waals surface area contributed by atoms with Crippen molar-refractivity contribution >= 4 is 17.6 Å². The van der Waals surface area contributed by atoms with Crippen molar-refractivity contribution in [2.45, 2.75) is 43.7 Å². The number of carboxylic acid groups (broad SMARTS) is 1. The van der Waals surface area contributed by atoms with Crippen molar-refractivity contribution in [3.05, 3.63) is 65.0 Å². The lowest BCUT2D eigenvalue weighted by molar-refractivity contribution is -0.148. The van der Waals surface area contributed by atoms with Crippen LogP contribution in [0.1, 0.15) is 54.2 Å². The molecule has 0 unspecified atom stereocenters. The van der Waals surface area contributed by atoms with Crippen molar-refractivity contribution in [1.29, 1.82) is 0 Å². The van der Waals surface area contributed by atoms with Gasteiger partial charge in [-0.2, -0.15) is 13.2 Å². The second-order valence-corrected chi connectivity index (χ2v) is 10.2. The molecule has 1 aliphatic heterocycles. The number of carbonyl (C=O) groups is 2. The van der Waals surface area contributed by atoms with Gasteiger partial charge in [0.2, 0.25) is 5.91 Å². The first-order valence-electron chi connectivity index (χ1n) is 12.4. The van der Waals surface area contributed by atoms with Crippen LogP contribution in [0, 0.1) is 29.5 Å². The van der Waals surface area contributed by atoms with Gasteiger partial charge in [-0.1, -0.05) is 30.7 Å². The number of carboxylic acids is 1. The molecule has 0 spiro atoms. The molecular weight excluding hydrogens is 476 g/mol. The fourth-order valence-electron chi connectivity index (χ4n) is 6.34. The molecule has 0 aromatic heterocycles. The van der Waals surface area contributed by atoms with Crippen molar-refractivity contribution in [1.82, 2.24) is 5.32 Å². The van der Waals surface area contributed by atoms with E-state index in [9.17, 15) is 32.3 Å². The molecule has 3 N–H and O–H groups in total. The lowest BCUT2D eigenvalue weighted by Crippen LogP contribution is -2.40. The summed E-state index contributed by atoms with van der Waals surface area (Å²) in [7, 11) is 0. The van der Waals surface area contributed by atoms with E-state index < -0.39 is 47.0 Å². The molecule has 9 heteroatoms. The summed E-state index contributed by atoms with van der Waals surface area (Å²) >= 11 is 0. The fourth-order valence-corrected chi connectivity index (χ4v) is 6.34. The highest BCUT2D eigenvalue weighted by Gasteiger charge is 2.51. The van der Waals surface area contributed by atoms with Crippen LogP contribution in [-0.4, -0.2) is 30.1 Å². The maximum atomic E-state index is 14.3. The van der Waals surface area contributed by atoms with Gasteiger partial charge in [0.25, 0.3) is 0 Å². The fraction of sp³-hybridized carbons (Fsp3) is 0.481. The Balaban J connectivity index is 1.32. The Kier molecular flexibility index (Phi) is 6.53. The Morgan fingerprint density at radius 3 is 2.31 bits per heavy atom. The number of piperidine rings is 1. The summed E-state index contributed by atoms with van der Waals surface area (Å²) in [6.07, 6.45) is -2.02. The molecule has 0 bridgehead atoms. The highest BCUT2D eigenvalue weighted by molar-refractivity contribution is 5.95. The van der Waals surface area contributed by atoms with Crippen molar-refractivity contribution in [3.8, 4) is 0 Å². The first-order chi connectivity index (χ1) is 17.1. The molecule has 36 heavy (non-hydrogen) atoms. The smallest absolute Gasteiger partial charge is 0.416 e. The van der Waals surface area contributed by atoms with Crippen molar-refractivity contribution in [2.75, 3.05) is 18.4 Å². The van der Waals surface area contributed by atoms with E-state index in [-0.39, 0.29) is 5.92 Å². The van der Waals surface area contributed by atoms with E-state index in [2.05, 4.69) is 22.8 Å². The molecule has 1 saturated heterocycles. The number of amides is 1. The number of benzene rings is 2. The van der Waals surface area contributed by atoms with Crippen LogP contribution < -0.4 is 10.6 Å². The number of aliphatic carboxylic acids is 1. The average molecular weight is 505 g/mol. The maximum absolute atomic E-state index is 14.3. The van der Waals surface area contributed by atoms with Crippen LogP contribution in [0.2, 0.25) is 0 Å². The molecule has 2 saturated carbocycles. The highest BCUT2D eigenvalue weighted by atomic mass is 19.4. The molecule has 5 nitrogen and oxygen atoms in total. The van der Waals surface area contributed by atoms with E-state index in [0.29, 0.717) is 49.1 Å². The zero-order valence-electron chi connectivity index (χ0n) is 19.5. The van der Waals surface area contributed by atoms with Crippen LogP contribution in [0.4, 0.5) is 23.2 Å². The molecule has 192 valence electrons. The zero-order valence-corrected chi connectivity index (χ0v) is 19.5. The van der Waals surface area contributed by atoms with Gasteiger partial charge in [-0.3, -0.25) is 9.59 Å². The predicted molar refractivity (Wildman–Crippen MR) is 125 cm³/mol. The van der Waals surface area contributed by atoms with Crippen LogP contribution in [0.25, 0.3) is 0 Å². The standard InChI is InChI=1S/C27H28F4N2O3/c28-21-12-16(27(29,30)31)8-9-22(21)33-25(34)19-3-1-2-17(24(19)26(35)36)14-4-6-15(7-5-14)23-18-10-11-32-13-20(18)23/h4-9,12,17-20,23-24,32H,1-3,10-11,13H2,(H,33,34)(H,35,36)/t17-,18-,19-,20+,23-,24-/m1/s1. The predicted octanol–water partition coefficient (Wildman–Crippen LogP) is 5.39. The first-order valence-corrected chi connectivity index (χ1v) is 12.4. The second kappa shape index (κ2) is 9.50. The maximum Gasteiger partial charge on any atom is 0.416 e. The summed E-state index contributed by atoms with van der Waals surface area (Å²) in [5.74, 6) is -3.47. The molecular formula is C27H28F4N2O3. The van der Waals surface area contributed by atoms with Crippen molar-refractivity contribution in [2.24, 2.45) is 23.7 Å². The van der Waals surface area contributed by atoms with Crippen molar-refractivity contribution in [3.63, 3.8) is 0 Å². The number of fused-ring (bicyclic) bond motifs is 1. The molecule has 5 rings (SSSR count). The van der Waals surface area contributed by atoms with Crippen LogP contribution in [-0.2, 0) is 15.8 Å². The number of halogens is 4. The monoisotopic (exact) mass is 504 g/mol. The van der Waals surface area contributed by atoms with E-state index in [4.69, 9.17) is 0 Å². The number of hydrogen-bond donors (Lipinski definition) is 3. The van der Waals surface area contributed by atoms with Gasteiger partial charge in [0.15, 0.2) is 0 Å². The lowest BCUT2D eigenvalue weighted by atomic mass is 9.69. The van der Waals surface area contributed by atoms with E-state index >= 15 is 0 Å². The van der Waals surface area contributed by atoms with Gasteiger partial charge in [0.05, 0.1) is 23.1 Å². The summed E-state index contributed by atoms with van der Waals surface area (Å²) in [5.41, 5.74) is 0.548. The van der Waals surface area contributed by atoms with E-state index in [1.54, 1.807) is 0 Å². The summed E-state index contributed by atoms with van der Waals surface area (Å²) in [6.45, 7) is 2.06. The van der Waals surface area contributed by atoms with Gasteiger partial charge in [-0.05, 0) is 85.3 Å². The number of rotatable bonds is 5. The number of nitrogens with one attached hydrogen (secondary N) is 2. The molecule has 2 aromatic rings. The second-order valence-electron chi connectivity index (χ2n) is 10.2. The summed E-state index contributed by atoms with van der Waals surface area (Å²) in [5, 5.41) is 15.8. The summed E-state index contributed by atoms with van der Waals surface area (Å²) in [4.78, 5) is 25.3. The third kappa shape index (κ3) is 4.73. The number of anilines is 1. The molecule has 2 aromatic carbocycles. The molecule has 2 aliphatic carbocycles. The van der Waals surface area contributed by atoms with E-state index in [1.807, 2.05) is 12.1 Å². The highest BCUT2D eigenvalue weighted by Crippen LogP contribution is 2.56. The Labute approximate surface area is 206 Å². The minimum Gasteiger partial charge on any atom is -0.481 e. The van der Waals surface area contributed by atoms with Crippen LogP contribution >= 0.6 is 0 Å². The normalized spacial score (nSPS) is 29.8. The SMILES string of the molecule is O=C(O)[C@@H]1[C@@H](c2ccc([C@@H]3[C@@H]4CCNC[C@@H]43)cc2)CCC[C@H]1C(=O)Nc1ccc(C(F)(F)F)cc1F. The summed E-state index contributed by atoms with van der Waals surface area (Å²) in [6, 6.07) is 9.92. The molecule has 3 aliphatic rings. The van der Waals surface area contributed by atoms with E-state index in [0.717, 1.165) is 31.1 Å². The van der Waals surface area contributed by atoms with Gasteiger partial charge < -0.3 is 15.7 Å². The number of hydrogen-bond acceptors (Lipinski definition) is 3. The molecule has 3 fully saturated rings. The molecule has 1 amide bonds. The van der Waals surface area contributed by atoms with Crippen LogP contribution in [0.5, 0.6) is 0 Å². The lowest BCUT2D eigenvalue weighted by Gasteiger charge is -2.35. The average Bonchev–Trinajstić information content (AvgIpc) is 3.58. The Bertz CT molecular complexity index is 1140. The van der Waals surface area contributed by atoms with Crippen molar-refractivity contribution < 1.29 is 32.3 Å². The molecule has 6 atom stereocenters. The minimum absolute atomic E-state index is 0.304. The largest absolute Gasteiger partial charge is 0.481 e. The Hall–Kier alpha value is -2.94. The van der Waals surface area contributed by atoms with Gasteiger partial charge in [0.1, 0.15) is 5.82 Å². The Morgan fingerprint density at radius 2 is 1.69 bits per heavy atom. The number of carbonyl (C=O) groups excluding carboxylic acids is 1. The summed E-state index contributed by atoms with van der Waals surface area (Å²) < 4.78 is 52.8. The third-order valence-corrected chi connectivity index (χ3v) is 8.19. The molecule has 1 heterocycles. The number of alkyl halides is 3. The van der Waals surface area contributed by atoms with Gasteiger partial charge in [0, 0.05) is 0 Å². The molecule has 0 radical (unpaired) electrons. The van der Waals surface area contributed by atoms with Crippen LogP contribution in [0.3, 0.4) is 0 Å². The minimum atomic E-state index is -4.71. The van der Waals surface area contributed by atoms with E-state index in [1.165, 1.54) is 5.56 Å². The third-order valence-electron chi connectivity index (χ3n) is 8.19. The topological polar surface area (TPSA) is 78.4 Å². The van der Waals surface area contributed by atoms with Crippen LogP contribution in [0.15, 0.2) is 42.5 Å². The van der Waals surface area contributed by atoms with Gasteiger partial charge in [-0.15, -0.1) is 0 Å². The Morgan fingerprint density at radius 1 is 0.972 bits per heavy atom. The zero-order chi connectivity index (χ0) is 25.6. The quantitative estimate of drug-likeness (QED) is 0.477. The first kappa shape index (κ1) is 24.7.